The summed E-state index contributed by atoms with van der Waals surface area (Å²) in [4.78, 5) is 26.0. The van der Waals surface area contributed by atoms with Crippen LogP contribution in [0.25, 0.3) is 0 Å². The largest absolute Gasteiger partial charge is 0.381 e. The van der Waals surface area contributed by atoms with Crippen molar-refractivity contribution in [1.29, 1.82) is 0 Å². The predicted molar refractivity (Wildman–Crippen MR) is 91.0 cm³/mol. The van der Waals surface area contributed by atoms with Crippen LogP contribution in [0.4, 0.5) is 4.79 Å². The summed E-state index contributed by atoms with van der Waals surface area (Å²) >= 11 is 0. The molecular weight excluding hydrogens is 322 g/mol. The highest BCUT2D eigenvalue weighted by Crippen LogP contribution is 2.52. The maximum absolute atomic E-state index is 12.7. The zero-order chi connectivity index (χ0) is 17.4. The highest BCUT2D eigenvalue weighted by atomic mass is 16.5. The van der Waals surface area contributed by atoms with Gasteiger partial charge in [0.15, 0.2) is 0 Å². The van der Waals surface area contributed by atoms with Crippen LogP contribution in [0.1, 0.15) is 25.7 Å². The number of carbonyl (C=O) groups excluding carboxylic acids is 2. The summed E-state index contributed by atoms with van der Waals surface area (Å²) in [6.45, 7) is 4.58. The number of amides is 3. The standard InChI is InChI=1S/C18H29N3O4/c1-19-17(23)20-8-12-2-3-18(11-25-12)4-6-21(7-5-18)16(22)15-13-9-24-10-14(13)15/h12-15H,2-11H2,1H3,(H2,19,20,23)/t12?,13-,14+,15?. The average Bonchev–Trinajstić information content (AvgIpc) is 3.12. The molecule has 3 amide bonds. The maximum Gasteiger partial charge on any atom is 0.314 e. The van der Waals surface area contributed by atoms with E-state index in [2.05, 4.69) is 15.5 Å². The van der Waals surface area contributed by atoms with E-state index in [0.717, 1.165) is 58.6 Å². The summed E-state index contributed by atoms with van der Waals surface area (Å²) in [6.07, 6.45) is 4.27. The zero-order valence-corrected chi connectivity index (χ0v) is 15.0. The Labute approximate surface area is 148 Å². The lowest BCUT2D eigenvalue weighted by atomic mass is 9.73. The van der Waals surface area contributed by atoms with Gasteiger partial charge in [-0.2, -0.15) is 0 Å². The van der Waals surface area contributed by atoms with E-state index in [0.29, 0.717) is 24.3 Å². The van der Waals surface area contributed by atoms with E-state index in [-0.39, 0.29) is 23.5 Å². The van der Waals surface area contributed by atoms with Crippen molar-refractivity contribution < 1.29 is 19.1 Å². The quantitative estimate of drug-likeness (QED) is 0.780. The number of hydrogen-bond donors (Lipinski definition) is 2. The number of carbonyl (C=O) groups is 2. The number of urea groups is 1. The predicted octanol–water partition coefficient (Wildman–Crippen LogP) is 0.596. The molecule has 0 radical (unpaired) electrons. The lowest BCUT2D eigenvalue weighted by Gasteiger charge is -2.45. The summed E-state index contributed by atoms with van der Waals surface area (Å²) < 4.78 is 11.4. The van der Waals surface area contributed by atoms with Gasteiger partial charge in [0, 0.05) is 32.6 Å². The summed E-state index contributed by atoms with van der Waals surface area (Å²) in [5.74, 6) is 1.59. The minimum absolute atomic E-state index is 0.105. The van der Waals surface area contributed by atoms with Crippen molar-refractivity contribution in [2.24, 2.45) is 23.2 Å². The number of nitrogens with one attached hydrogen (secondary N) is 2. The molecule has 7 heteroatoms. The van der Waals surface area contributed by atoms with Gasteiger partial charge in [-0.1, -0.05) is 0 Å². The monoisotopic (exact) mass is 351 g/mol. The Hall–Kier alpha value is -1.34. The van der Waals surface area contributed by atoms with Gasteiger partial charge in [-0.15, -0.1) is 0 Å². The van der Waals surface area contributed by atoms with Crippen LogP contribution in [0.15, 0.2) is 0 Å². The van der Waals surface area contributed by atoms with Crippen molar-refractivity contribution in [2.45, 2.75) is 31.8 Å². The molecule has 2 N–H and O–H groups in total. The molecule has 3 heterocycles. The second kappa shape index (κ2) is 6.76. The van der Waals surface area contributed by atoms with Crippen LogP contribution in [0.5, 0.6) is 0 Å². The van der Waals surface area contributed by atoms with Crippen molar-refractivity contribution in [3.63, 3.8) is 0 Å². The van der Waals surface area contributed by atoms with Crippen LogP contribution in [-0.4, -0.2) is 69.4 Å². The van der Waals surface area contributed by atoms with Crippen LogP contribution in [0.3, 0.4) is 0 Å². The highest BCUT2D eigenvalue weighted by molar-refractivity contribution is 5.82. The molecule has 0 aromatic rings. The van der Waals surface area contributed by atoms with Crippen LogP contribution in [0.2, 0.25) is 0 Å². The molecule has 4 aliphatic rings. The Kier molecular flexibility index (Phi) is 4.62. The van der Waals surface area contributed by atoms with Crippen LogP contribution < -0.4 is 10.6 Å². The molecular formula is C18H29N3O4. The normalized spacial score (nSPS) is 36.0. The van der Waals surface area contributed by atoms with E-state index in [9.17, 15) is 9.59 Å². The molecule has 4 fully saturated rings. The number of piperidine rings is 1. The van der Waals surface area contributed by atoms with Crippen molar-refractivity contribution in [2.75, 3.05) is 46.5 Å². The zero-order valence-electron chi connectivity index (χ0n) is 15.0. The Morgan fingerprint density at radius 2 is 1.88 bits per heavy atom. The van der Waals surface area contributed by atoms with Gasteiger partial charge in [0.25, 0.3) is 0 Å². The molecule has 1 aliphatic carbocycles. The first kappa shape index (κ1) is 17.1. The second-order valence-electron chi connectivity index (χ2n) is 8.15. The number of ether oxygens (including phenoxy) is 2. The van der Waals surface area contributed by atoms with Gasteiger partial charge in [-0.05, 0) is 42.9 Å². The Bertz CT molecular complexity index is 512. The van der Waals surface area contributed by atoms with Gasteiger partial charge in [0.2, 0.25) is 5.91 Å². The van der Waals surface area contributed by atoms with Gasteiger partial charge in [-0.25, -0.2) is 4.79 Å². The van der Waals surface area contributed by atoms with E-state index >= 15 is 0 Å². The van der Waals surface area contributed by atoms with Crippen molar-refractivity contribution >= 4 is 11.9 Å². The summed E-state index contributed by atoms with van der Waals surface area (Å²) in [7, 11) is 1.61. The minimum atomic E-state index is -0.161. The van der Waals surface area contributed by atoms with E-state index in [1.54, 1.807) is 7.05 Å². The molecule has 1 saturated carbocycles. The fraction of sp³-hybridized carbons (Fsp3) is 0.889. The smallest absolute Gasteiger partial charge is 0.314 e. The van der Waals surface area contributed by atoms with E-state index in [4.69, 9.17) is 9.47 Å². The van der Waals surface area contributed by atoms with Crippen molar-refractivity contribution in [1.82, 2.24) is 15.5 Å². The van der Waals surface area contributed by atoms with Crippen LogP contribution in [0, 0.1) is 23.2 Å². The average molecular weight is 351 g/mol. The van der Waals surface area contributed by atoms with E-state index in [1.165, 1.54) is 0 Å². The molecule has 1 spiro atoms. The number of nitrogens with zero attached hydrogens (tertiary/aromatic N) is 1. The van der Waals surface area contributed by atoms with Crippen LogP contribution >= 0.6 is 0 Å². The molecule has 3 aliphatic heterocycles. The second-order valence-corrected chi connectivity index (χ2v) is 8.15. The first-order chi connectivity index (χ1) is 12.1. The van der Waals surface area contributed by atoms with Gasteiger partial charge < -0.3 is 25.0 Å². The van der Waals surface area contributed by atoms with Gasteiger partial charge >= 0.3 is 6.03 Å². The Balaban J connectivity index is 1.21. The molecule has 4 atom stereocenters. The van der Waals surface area contributed by atoms with Crippen molar-refractivity contribution in [3.8, 4) is 0 Å². The molecule has 4 rings (SSSR count). The number of fused-ring (bicyclic) bond motifs is 1. The lowest BCUT2D eigenvalue weighted by Crippen LogP contribution is -2.49. The molecule has 7 nitrogen and oxygen atoms in total. The minimum Gasteiger partial charge on any atom is -0.381 e. The summed E-state index contributed by atoms with van der Waals surface area (Å²) in [5.41, 5.74) is 0.225. The molecule has 25 heavy (non-hydrogen) atoms. The number of rotatable bonds is 3. The Morgan fingerprint density at radius 1 is 1.16 bits per heavy atom. The topological polar surface area (TPSA) is 79.9 Å². The van der Waals surface area contributed by atoms with Gasteiger partial charge in [-0.3, -0.25) is 4.79 Å². The summed E-state index contributed by atoms with van der Waals surface area (Å²) in [6, 6.07) is -0.161. The number of likely N-dealkylation sites (tertiary alicyclic amines) is 1. The summed E-state index contributed by atoms with van der Waals surface area (Å²) in [5, 5.41) is 5.37. The third-order valence-electron chi connectivity index (χ3n) is 6.71. The fourth-order valence-corrected chi connectivity index (χ4v) is 4.79. The molecule has 2 unspecified atom stereocenters. The molecule has 140 valence electrons. The third kappa shape index (κ3) is 3.36. The molecule has 3 saturated heterocycles. The van der Waals surface area contributed by atoms with Gasteiger partial charge in [0.1, 0.15) is 0 Å². The van der Waals surface area contributed by atoms with Crippen molar-refractivity contribution in [3.05, 3.63) is 0 Å². The first-order valence-corrected chi connectivity index (χ1v) is 9.56. The SMILES string of the molecule is CNC(=O)NCC1CCC2(CCN(C(=O)C3[C@H]4COC[C@@H]34)CC2)CO1. The Morgan fingerprint density at radius 3 is 2.48 bits per heavy atom. The lowest BCUT2D eigenvalue weighted by molar-refractivity contribution is -0.139. The molecule has 0 bridgehead atoms. The van der Waals surface area contributed by atoms with E-state index < -0.39 is 0 Å². The highest BCUT2D eigenvalue weighted by Gasteiger charge is 2.59. The van der Waals surface area contributed by atoms with Crippen LogP contribution in [-0.2, 0) is 14.3 Å². The first-order valence-electron chi connectivity index (χ1n) is 9.56. The molecule has 0 aromatic heterocycles. The van der Waals surface area contributed by atoms with E-state index in [1.807, 2.05) is 0 Å². The third-order valence-corrected chi connectivity index (χ3v) is 6.71. The van der Waals surface area contributed by atoms with Gasteiger partial charge in [0.05, 0.1) is 25.9 Å². The fourth-order valence-electron chi connectivity index (χ4n) is 4.79. The maximum atomic E-state index is 12.7. The number of hydrogen-bond acceptors (Lipinski definition) is 4. The molecule has 0 aromatic carbocycles.